The van der Waals surface area contributed by atoms with Crippen LogP contribution in [-0.2, 0) is 0 Å². The van der Waals surface area contributed by atoms with Gasteiger partial charge in [-0.3, -0.25) is 0 Å². The van der Waals surface area contributed by atoms with Crippen LogP contribution < -0.4 is 0 Å². The molecule has 0 saturated carbocycles. The molecule has 0 amide bonds. The van der Waals surface area contributed by atoms with Crippen molar-refractivity contribution in [3.8, 4) is 0 Å². The minimum absolute atomic E-state index is 0.0745. The van der Waals surface area contributed by atoms with Crippen LogP contribution in [0, 0.1) is 6.92 Å². The molecule has 13 heavy (non-hydrogen) atoms. The van der Waals surface area contributed by atoms with Gasteiger partial charge in [-0.2, -0.15) is 13.2 Å². The van der Waals surface area contributed by atoms with Gasteiger partial charge in [0, 0.05) is 11.1 Å². The Morgan fingerprint density at radius 3 is 2.46 bits per heavy atom. The van der Waals surface area contributed by atoms with Crippen molar-refractivity contribution >= 4 is 11.3 Å². The number of hydrogen-bond donors (Lipinski definition) is 0. The van der Waals surface area contributed by atoms with Gasteiger partial charge in [0.15, 0.2) is 0 Å². The summed E-state index contributed by atoms with van der Waals surface area (Å²) in [7, 11) is 0. The molecule has 1 nitrogen and oxygen atoms in total. The van der Waals surface area contributed by atoms with Crippen molar-refractivity contribution in [3.63, 3.8) is 0 Å². The maximum atomic E-state index is 12.4. The lowest BCUT2D eigenvalue weighted by molar-refractivity contribution is -0.150. The van der Waals surface area contributed by atoms with Gasteiger partial charge in [0.05, 0.1) is 10.9 Å². The van der Waals surface area contributed by atoms with Crippen LogP contribution in [0.5, 0.6) is 0 Å². The summed E-state index contributed by atoms with van der Waals surface area (Å²) in [6, 6.07) is 0. The van der Waals surface area contributed by atoms with E-state index in [2.05, 4.69) is 4.98 Å². The Hall–Kier alpha value is -0.580. The van der Waals surface area contributed by atoms with Crippen molar-refractivity contribution in [2.75, 3.05) is 0 Å². The van der Waals surface area contributed by atoms with E-state index < -0.39 is 12.1 Å². The second-order valence-corrected chi connectivity index (χ2v) is 4.05. The average molecular weight is 209 g/mol. The van der Waals surface area contributed by atoms with Crippen LogP contribution in [0.1, 0.15) is 29.1 Å². The van der Waals surface area contributed by atoms with Crippen molar-refractivity contribution in [2.24, 2.45) is 0 Å². The Balaban J connectivity index is 2.91. The molecule has 1 aromatic rings. The van der Waals surface area contributed by atoms with Crippen molar-refractivity contribution in [3.05, 3.63) is 16.1 Å². The number of aryl methyl sites for hydroxylation is 1. The molecule has 0 aromatic carbocycles. The first-order valence-corrected chi connectivity index (χ1v) is 4.75. The minimum atomic E-state index is -4.15. The van der Waals surface area contributed by atoms with Crippen LogP contribution in [0.15, 0.2) is 6.20 Å². The number of aromatic nitrogens is 1. The highest BCUT2D eigenvalue weighted by Crippen LogP contribution is 2.39. The molecule has 1 heterocycles. The Kier molecular flexibility index (Phi) is 2.95. The molecule has 0 aliphatic heterocycles. The van der Waals surface area contributed by atoms with E-state index in [1.807, 2.05) is 0 Å². The molecule has 0 aliphatic carbocycles. The maximum Gasteiger partial charge on any atom is 0.396 e. The summed E-state index contributed by atoms with van der Waals surface area (Å²) in [5.41, 5.74) is 0. The fourth-order valence-electron chi connectivity index (χ4n) is 1.13. The second kappa shape index (κ2) is 3.65. The molecule has 0 fully saturated rings. The van der Waals surface area contributed by atoms with E-state index in [-0.39, 0.29) is 6.42 Å². The highest BCUT2D eigenvalue weighted by Gasteiger charge is 2.40. The molecule has 1 aromatic heterocycles. The predicted octanol–water partition coefficient (Wildman–Crippen LogP) is 3.51. The van der Waals surface area contributed by atoms with Crippen molar-refractivity contribution in [2.45, 2.75) is 32.4 Å². The normalized spacial score (nSPS) is 14.5. The van der Waals surface area contributed by atoms with E-state index in [4.69, 9.17) is 0 Å². The lowest BCUT2D eigenvalue weighted by Crippen LogP contribution is -2.18. The first-order chi connectivity index (χ1) is 5.95. The zero-order valence-electron chi connectivity index (χ0n) is 7.35. The molecule has 0 radical (unpaired) electrons. The number of thiazole rings is 1. The molecule has 5 heteroatoms. The largest absolute Gasteiger partial charge is 0.396 e. The van der Waals surface area contributed by atoms with Gasteiger partial charge in [-0.1, -0.05) is 6.92 Å². The summed E-state index contributed by atoms with van der Waals surface area (Å²) in [5, 5.41) is 0.678. The fourth-order valence-corrected chi connectivity index (χ4v) is 2.13. The highest BCUT2D eigenvalue weighted by atomic mass is 32.1. The van der Waals surface area contributed by atoms with Crippen LogP contribution in [0.2, 0.25) is 0 Å². The zero-order chi connectivity index (χ0) is 10.1. The van der Waals surface area contributed by atoms with Crippen LogP contribution in [0.4, 0.5) is 13.2 Å². The van der Waals surface area contributed by atoms with E-state index >= 15 is 0 Å². The average Bonchev–Trinajstić information content (AvgIpc) is 2.34. The molecule has 1 atom stereocenters. The van der Waals surface area contributed by atoms with E-state index in [1.54, 1.807) is 6.92 Å². The molecule has 1 unspecified atom stereocenters. The SMILES string of the molecule is CCC(c1cnc(C)s1)C(F)(F)F. The Labute approximate surface area is 78.6 Å². The topological polar surface area (TPSA) is 12.9 Å². The summed E-state index contributed by atoms with van der Waals surface area (Å²) in [6.07, 6.45) is -2.75. The van der Waals surface area contributed by atoms with Crippen molar-refractivity contribution in [1.29, 1.82) is 0 Å². The van der Waals surface area contributed by atoms with Gasteiger partial charge in [-0.15, -0.1) is 11.3 Å². The smallest absolute Gasteiger partial charge is 0.250 e. The molecule has 0 bridgehead atoms. The number of halogens is 3. The van der Waals surface area contributed by atoms with Crippen LogP contribution in [0.25, 0.3) is 0 Å². The number of alkyl halides is 3. The van der Waals surface area contributed by atoms with E-state index in [0.29, 0.717) is 9.88 Å². The number of nitrogens with zero attached hydrogens (tertiary/aromatic N) is 1. The van der Waals surface area contributed by atoms with Crippen molar-refractivity contribution in [1.82, 2.24) is 4.98 Å². The van der Waals surface area contributed by atoms with Crippen LogP contribution >= 0.6 is 11.3 Å². The standard InChI is InChI=1S/C8H10F3NS/c1-3-6(8(9,10)11)7-4-12-5(2)13-7/h4,6H,3H2,1-2H3. The highest BCUT2D eigenvalue weighted by molar-refractivity contribution is 7.11. The lowest BCUT2D eigenvalue weighted by atomic mass is 10.1. The van der Waals surface area contributed by atoms with Crippen molar-refractivity contribution < 1.29 is 13.2 Å². The van der Waals surface area contributed by atoms with E-state index in [1.165, 1.54) is 13.1 Å². The van der Waals surface area contributed by atoms with Gasteiger partial charge < -0.3 is 0 Å². The monoisotopic (exact) mass is 209 g/mol. The summed E-state index contributed by atoms with van der Waals surface area (Å²) >= 11 is 1.12. The molecule has 1 rings (SSSR count). The molecule has 74 valence electrons. The second-order valence-electron chi connectivity index (χ2n) is 2.78. The van der Waals surface area contributed by atoms with Gasteiger partial charge in [0.1, 0.15) is 0 Å². The quantitative estimate of drug-likeness (QED) is 0.726. The van der Waals surface area contributed by atoms with Crippen LogP contribution in [0.3, 0.4) is 0 Å². The fraction of sp³-hybridized carbons (Fsp3) is 0.625. The van der Waals surface area contributed by atoms with Gasteiger partial charge in [-0.25, -0.2) is 4.98 Å². The van der Waals surface area contributed by atoms with Gasteiger partial charge in [0.2, 0.25) is 0 Å². The minimum Gasteiger partial charge on any atom is -0.250 e. The molecule has 0 saturated heterocycles. The molecular formula is C8H10F3NS. The lowest BCUT2D eigenvalue weighted by Gasteiger charge is -2.16. The van der Waals surface area contributed by atoms with E-state index in [0.717, 1.165) is 11.3 Å². The summed E-state index contributed by atoms with van der Waals surface area (Å²) in [5.74, 6) is -1.35. The predicted molar refractivity (Wildman–Crippen MR) is 45.9 cm³/mol. The Bertz CT molecular complexity index is 279. The molecular weight excluding hydrogens is 199 g/mol. The zero-order valence-corrected chi connectivity index (χ0v) is 8.17. The molecule has 0 aliphatic rings. The third-order valence-electron chi connectivity index (χ3n) is 1.79. The van der Waals surface area contributed by atoms with Crippen LogP contribution in [-0.4, -0.2) is 11.2 Å². The Morgan fingerprint density at radius 1 is 1.54 bits per heavy atom. The molecule has 0 spiro atoms. The first-order valence-electron chi connectivity index (χ1n) is 3.94. The number of rotatable bonds is 2. The molecule has 0 N–H and O–H groups in total. The van der Waals surface area contributed by atoms with Gasteiger partial charge in [-0.05, 0) is 13.3 Å². The maximum absolute atomic E-state index is 12.4. The van der Waals surface area contributed by atoms with Gasteiger partial charge in [0.25, 0.3) is 0 Å². The third kappa shape index (κ3) is 2.43. The number of hydrogen-bond acceptors (Lipinski definition) is 2. The summed E-state index contributed by atoms with van der Waals surface area (Å²) in [4.78, 5) is 4.13. The summed E-state index contributed by atoms with van der Waals surface area (Å²) in [6.45, 7) is 3.24. The first kappa shape index (κ1) is 10.5. The third-order valence-corrected chi connectivity index (χ3v) is 2.81. The Morgan fingerprint density at radius 2 is 2.15 bits per heavy atom. The van der Waals surface area contributed by atoms with Gasteiger partial charge >= 0.3 is 6.18 Å². The van der Waals surface area contributed by atoms with E-state index in [9.17, 15) is 13.2 Å². The summed E-state index contributed by atoms with van der Waals surface area (Å²) < 4.78 is 37.2.